The largest absolute Gasteiger partial charge is 0.489 e. The summed E-state index contributed by atoms with van der Waals surface area (Å²) in [5, 5.41) is 0.666. The molecule has 0 saturated heterocycles. The fraction of sp³-hybridized carbons (Fsp3) is 0.158. The van der Waals surface area contributed by atoms with Crippen LogP contribution in [0.15, 0.2) is 61.9 Å². The van der Waals surface area contributed by atoms with Crippen LogP contribution in [-0.4, -0.2) is 30.5 Å². The summed E-state index contributed by atoms with van der Waals surface area (Å²) in [6.07, 6.45) is 8.57. The van der Waals surface area contributed by atoms with Crippen LogP contribution in [-0.2, 0) is 9.53 Å². The molecule has 0 radical (unpaired) electrons. The topological polar surface area (TPSA) is 68.4 Å². The van der Waals surface area contributed by atoms with Crippen molar-refractivity contribution >= 4 is 22.7 Å². The van der Waals surface area contributed by atoms with E-state index in [0.717, 1.165) is 5.52 Å². The highest BCUT2D eigenvalue weighted by atomic mass is 16.5. The number of esters is 1. The zero-order valence-corrected chi connectivity index (χ0v) is 13.9. The number of carbonyl (C=O) groups excluding carboxylic acids is 2. The Morgan fingerprint density at radius 2 is 1.96 bits per heavy atom. The highest BCUT2D eigenvalue weighted by Gasteiger charge is 2.20. The molecule has 126 valence electrons. The summed E-state index contributed by atoms with van der Waals surface area (Å²) in [6.45, 7) is 9.12. The summed E-state index contributed by atoms with van der Waals surface area (Å²) in [4.78, 5) is 26.0. The highest BCUT2D eigenvalue weighted by Crippen LogP contribution is 2.24. The molecule has 24 heavy (non-hydrogen) atoms. The van der Waals surface area contributed by atoms with Gasteiger partial charge in [0.05, 0.1) is 12.7 Å². The number of ketones is 1. The number of aromatic nitrogens is 1. The molecule has 0 amide bonds. The molecule has 0 saturated carbocycles. The maximum Gasteiger partial charge on any atom is 0.379 e. The predicted molar refractivity (Wildman–Crippen MR) is 95.3 cm³/mol. The Labute approximate surface area is 141 Å². The van der Waals surface area contributed by atoms with Crippen molar-refractivity contribution in [3.8, 4) is 5.75 Å². The Morgan fingerprint density at radius 3 is 2.54 bits per heavy atom. The SMILES string of the molecule is C/C=C/COc1ccc2c(C(=O)C(=O)OC)c[nH]c2c1.C=CC=C. The monoisotopic (exact) mass is 327 g/mol. The summed E-state index contributed by atoms with van der Waals surface area (Å²) in [6, 6.07) is 5.29. The second kappa shape index (κ2) is 9.84. The van der Waals surface area contributed by atoms with Crippen LogP contribution in [0.1, 0.15) is 17.3 Å². The van der Waals surface area contributed by atoms with Gasteiger partial charge in [-0.05, 0) is 19.1 Å². The molecular weight excluding hydrogens is 306 g/mol. The summed E-state index contributed by atoms with van der Waals surface area (Å²) in [5.74, 6) is -0.852. The Balaban J connectivity index is 0.000000648. The van der Waals surface area contributed by atoms with Crippen LogP contribution in [0.4, 0.5) is 0 Å². The number of allylic oxidation sites excluding steroid dienone is 3. The summed E-state index contributed by atoms with van der Waals surface area (Å²) in [7, 11) is 1.18. The first-order chi connectivity index (χ1) is 11.6. The van der Waals surface area contributed by atoms with E-state index in [-0.39, 0.29) is 0 Å². The van der Waals surface area contributed by atoms with Gasteiger partial charge < -0.3 is 14.5 Å². The number of nitrogens with one attached hydrogen (secondary N) is 1. The lowest BCUT2D eigenvalue weighted by Gasteiger charge is -2.03. The number of rotatable bonds is 6. The molecule has 5 nitrogen and oxygen atoms in total. The van der Waals surface area contributed by atoms with Gasteiger partial charge >= 0.3 is 5.97 Å². The molecule has 2 aromatic rings. The van der Waals surface area contributed by atoms with Crippen molar-refractivity contribution in [2.24, 2.45) is 0 Å². The number of fused-ring (bicyclic) bond motifs is 1. The minimum absolute atomic E-state index is 0.298. The molecule has 0 aliphatic carbocycles. The zero-order chi connectivity index (χ0) is 17.9. The fourth-order valence-electron chi connectivity index (χ4n) is 1.83. The molecule has 1 N–H and O–H groups in total. The number of ether oxygens (including phenoxy) is 2. The second-order valence-electron chi connectivity index (χ2n) is 4.58. The van der Waals surface area contributed by atoms with Gasteiger partial charge in [0, 0.05) is 23.2 Å². The van der Waals surface area contributed by atoms with Crippen LogP contribution in [0.2, 0.25) is 0 Å². The van der Waals surface area contributed by atoms with E-state index in [1.165, 1.54) is 13.3 Å². The number of methoxy groups -OCH3 is 1. The van der Waals surface area contributed by atoms with E-state index >= 15 is 0 Å². The first kappa shape index (κ1) is 19.0. The van der Waals surface area contributed by atoms with E-state index in [2.05, 4.69) is 22.9 Å². The average molecular weight is 327 g/mol. The van der Waals surface area contributed by atoms with Crippen molar-refractivity contribution in [2.75, 3.05) is 13.7 Å². The van der Waals surface area contributed by atoms with E-state index in [9.17, 15) is 9.59 Å². The number of Topliss-reactive ketones (excluding diaryl/α,β-unsaturated/α-hetero) is 1. The Hall–Kier alpha value is -3.08. The number of benzene rings is 1. The number of H-pyrrole nitrogens is 1. The third-order valence-corrected chi connectivity index (χ3v) is 3.02. The van der Waals surface area contributed by atoms with Crippen molar-refractivity contribution in [3.63, 3.8) is 0 Å². The van der Waals surface area contributed by atoms with E-state index < -0.39 is 11.8 Å². The Morgan fingerprint density at radius 1 is 1.25 bits per heavy atom. The van der Waals surface area contributed by atoms with Gasteiger partial charge in [0.1, 0.15) is 12.4 Å². The lowest BCUT2D eigenvalue weighted by atomic mass is 10.1. The van der Waals surface area contributed by atoms with Crippen LogP contribution < -0.4 is 4.74 Å². The van der Waals surface area contributed by atoms with Crippen molar-refractivity contribution in [3.05, 3.63) is 67.4 Å². The van der Waals surface area contributed by atoms with E-state index in [4.69, 9.17) is 4.74 Å². The molecule has 2 rings (SSSR count). The van der Waals surface area contributed by atoms with E-state index in [1.807, 2.05) is 19.1 Å². The number of carbonyl (C=O) groups is 2. The quantitative estimate of drug-likeness (QED) is 0.288. The maximum atomic E-state index is 11.8. The minimum Gasteiger partial charge on any atom is -0.489 e. The molecule has 1 aromatic heterocycles. The Kier molecular flexibility index (Phi) is 7.78. The minimum atomic E-state index is -0.876. The summed E-state index contributed by atoms with van der Waals surface area (Å²) < 4.78 is 9.95. The van der Waals surface area contributed by atoms with Crippen LogP contribution in [0.5, 0.6) is 5.75 Å². The summed E-state index contributed by atoms with van der Waals surface area (Å²) in [5.41, 5.74) is 1.03. The van der Waals surface area contributed by atoms with Crippen LogP contribution in [0.25, 0.3) is 10.9 Å². The van der Waals surface area contributed by atoms with Gasteiger partial charge in [-0.3, -0.25) is 4.79 Å². The van der Waals surface area contributed by atoms with Gasteiger partial charge in [-0.15, -0.1) is 0 Å². The van der Waals surface area contributed by atoms with Gasteiger partial charge in [-0.2, -0.15) is 0 Å². The molecule has 0 aliphatic rings. The number of hydrogen-bond acceptors (Lipinski definition) is 4. The standard InChI is InChI=1S/C15H15NO4.C4H6/c1-3-4-7-20-10-5-6-11-12(9-16-13(11)8-10)14(17)15(18)19-2;1-3-4-2/h3-6,8-9,16H,7H2,1-2H3;3-4H,1-2H2/b4-3+;. The van der Waals surface area contributed by atoms with Crippen LogP contribution >= 0.6 is 0 Å². The third kappa shape index (κ3) is 4.98. The Bertz CT molecular complexity index is 750. The first-order valence-corrected chi connectivity index (χ1v) is 7.30. The van der Waals surface area contributed by atoms with Gasteiger partial charge in [0.15, 0.2) is 0 Å². The van der Waals surface area contributed by atoms with E-state index in [1.54, 1.807) is 30.4 Å². The summed E-state index contributed by atoms with van der Waals surface area (Å²) >= 11 is 0. The number of aromatic amines is 1. The van der Waals surface area contributed by atoms with Gasteiger partial charge in [0.2, 0.25) is 0 Å². The van der Waals surface area contributed by atoms with Gasteiger partial charge in [0.25, 0.3) is 5.78 Å². The molecule has 1 aromatic carbocycles. The second-order valence-corrected chi connectivity index (χ2v) is 4.58. The van der Waals surface area contributed by atoms with Gasteiger partial charge in [-0.1, -0.05) is 37.5 Å². The van der Waals surface area contributed by atoms with Crippen LogP contribution in [0, 0.1) is 0 Å². The molecule has 0 unspecified atom stereocenters. The van der Waals surface area contributed by atoms with Crippen LogP contribution in [0.3, 0.4) is 0 Å². The van der Waals surface area contributed by atoms with Crippen molar-refractivity contribution in [1.82, 2.24) is 4.98 Å². The smallest absolute Gasteiger partial charge is 0.379 e. The molecule has 0 atom stereocenters. The van der Waals surface area contributed by atoms with Gasteiger partial charge in [-0.25, -0.2) is 4.79 Å². The molecule has 0 bridgehead atoms. The number of hydrogen-bond donors (Lipinski definition) is 1. The third-order valence-electron chi connectivity index (χ3n) is 3.02. The van der Waals surface area contributed by atoms with Crippen molar-refractivity contribution in [1.29, 1.82) is 0 Å². The molecule has 1 heterocycles. The lowest BCUT2D eigenvalue weighted by molar-refractivity contribution is -0.135. The first-order valence-electron chi connectivity index (χ1n) is 7.30. The van der Waals surface area contributed by atoms with Crippen molar-refractivity contribution in [2.45, 2.75) is 6.92 Å². The van der Waals surface area contributed by atoms with E-state index in [0.29, 0.717) is 23.3 Å². The normalized spacial score (nSPS) is 9.92. The van der Waals surface area contributed by atoms with Crippen molar-refractivity contribution < 1.29 is 19.1 Å². The zero-order valence-electron chi connectivity index (χ0n) is 13.9. The highest BCUT2D eigenvalue weighted by molar-refractivity contribution is 6.42. The maximum absolute atomic E-state index is 11.8. The molecule has 0 spiro atoms. The molecule has 5 heteroatoms. The molecule has 0 fully saturated rings. The molecular formula is C19H21NO4. The lowest BCUT2D eigenvalue weighted by Crippen LogP contribution is -2.15. The predicted octanol–water partition coefficient (Wildman–Crippen LogP) is 3.84. The average Bonchev–Trinajstić information content (AvgIpc) is 3.04. The fourth-order valence-corrected chi connectivity index (χ4v) is 1.83. The molecule has 0 aliphatic heterocycles.